The fourth-order valence-electron chi connectivity index (χ4n) is 3.45. The Bertz CT molecular complexity index is 470. The molecule has 0 radical (unpaired) electrons. The second-order valence-corrected chi connectivity index (χ2v) is 7.24. The SMILES string of the molecule is CCC(C)(C)C1CCC(N)(c2ccc(F)c(C)c2)CC1. The molecule has 20 heavy (non-hydrogen) atoms. The van der Waals surface area contributed by atoms with Crippen LogP contribution in [-0.4, -0.2) is 0 Å². The number of aryl methyl sites for hydroxylation is 1. The summed E-state index contributed by atoms with van der Waals surface area (Å²) in [6.07, 6.45) is 5.57. The van der Waals surface area contributed by atoms with E-state index in [0.717, 1.165) is 24.3 Å². The number of nitrogens with two attached hydrogens (primary N) is 1. The molecule has 2 heteroatoms. The van der Waals surface area contributed by atoms with Crippen LogP contribution in [0.5, 0.6) is 0 Å². The maximum absolute atomic E-state index is 13.4. The molecule has 0 amide bonds. The van der Waals surface area contributed by atoms with Gasteiger partial charge in [-0.1, -0.05) is 39.3 Å². The van der Waals surface area contributed by atoms with Gasteiger partial charge in [-0.15, -0.1) is 0 Å². The minimum absolute atomic E-state index is 0.141. The van der Waals surface area contributed by atoms with E-state index in [1.807, 2.05) is 19.1 Å². The van der Waals surface area contributed by atoms with Crippen LogP contribution in [-0.2, 0) is 5.54 Å². The minimum atomic E-state index is -0.265. The monoisotopic (exact) mass is 277 g/mol. The van der Waals surface area contributed by atoms with Crippen LogP contribution < -0.4 is 5.73 Å². The Morgan fingerprint density at radius 1 is 1.30 bits per heavy atom. The van der Waals surface area contributed by atoms with Crippen molar-refractivity contribution in [2.75, 3.05) is 0 Å². The molecule has 1 saturated carbocycles. The van der Waals surface area contributed by atoms with Gasteiger partial charge in [-0.3, -0.25) is 0 Å². The lowest BCUT2D eigenvalue weighted by Crippen LogP contribution is -2.42. The molecule has 1 aliphatic rings. The van der Waals surface area contributed by atoms with Gasteiger partial charge < -0.3 is 5.73 Å². The smallest absolute Gasteiger partial charge is 0.126 e. The van der Waals surface area contributed by atoms with Crippen LogP contribution in [0.1, 0.15) is 64.0 Å². The molecule has 2 rings (SSSR count). The zero-order valence-corrected chi connectivity index (χ0v) is 13.3. The van der Waals surface area contributed by atoms with Gasteiger partial charge in [-0.25, -0.2) is 4.39 Å². The van der Waals surface area contributed by atoms with Gasteiger partial charge in [0.25, 0.3) is 0 Å². The van der Waals surface area contributed by atoms with E-state index in [-0.39, 0.29) is 11.4 Å². The summed E-state index contributed by atoms with van der Waals surface area (Å²) in [6, 6.07) is 5.36. The van der Waals surface area contributed by atoms with E-state index in [9.17, 15) is 4.39 Å². The molecule has 1 nitrogen and oxygen atoms in total. The van der Waals surface area contributed by atoms with Crippen LogP contribution in [0.15, 0.2) is 18.2 Å². The van der Waals surface area contributed by atoms with Crippen LogP contribution >= 0.6 is 0 Å². The van der Waals surface area contributed by atoms with Gasteiger partial charge in [0.1, 0.15) is 5.82 Å². The molecule has 1 fully saturated rings. The van der Waals surface area contributed by atoms with E-state index >= 15 is 0 Å². The maximum Gasteiger partial charge on any atom is 0.126 e. The summed E-state index contributed by atoms with van der Waals surface area (Å²) in [5.74, 6) is 0.615. The van der Waals surface area contributed by atoms with Crippen LogP contribution in [0.25, 0.3) is 0 Å². The molecule has 0 atom stereocenters. The summed E-state index contributed by atoms with van der Waals surface area (Å²) in [6.45, 7) is 8.81. The van der Waals surface area contributed by atoms with Crippen LogP contribution in [0.3, 0.4) is 0 Å². The number of hydrogen-bond acceptors (Lipinski definition) is 1. The minimum Gasteiger partial charge on any atom is -0.321 e. The summed E-state index contributed by atoms with van der Waals surface area (Å²) in [5, 5.41) is 0. The lowest BCUT2D eigenvalue weighted by molar-refractivity contribution is 0.115. The molecule has 0 unspecified atom stereocenters. The first-order valence-corrected chi connectivity index (χ1v) is 7.84. The first-order valence-electron chi connectivity index (χ1n) is 7.84. The van der Waals surface area contributed by atoms with Gasteiger partial charge in [-0.05, 0) is 61.1 Å². The first kappa shape index (κ1) is 15.5. The lowest BCUT2D eigenvalue weighted by atomic mass is 9.64. The third-order valence-corrected chi connectivity index (χ3v) is 5.63. The van der Waals surface area contributed by atoms with Crippen molar-refractivity contribution in [1.82, 2.24) is 0 Å². The number of benzene rings is 1. The first-order chi connectivity index (χ1) is 9.28. The third kappa shape index (κ3) is 2.90. The van der Waals surface area contributed by atoms with Gasteiger partial charge in [0, 0.05) is 5.54 Å². The molecule has 0 aromatic heterocycles. The van der Waals surface area contributed by atoms with Gasteiger partial charge >= 0.3 is 0 Å². The summed E-state index contributed by atoms with van der Waals surface area (Å²) in [4.78, 5) is 0. The predicted octanol–water partition coefficient (Wildman–Crippen LogP) is 4.91. The van der Waals surface area contributed by atoms with Gasteiger partial charge in [0.05, 0.1) is 0 Å². The molecule has 1 aliphatic carbocycles. The van der Waals surface area contributed by atoms with Crippen molar-refractivity contribution in [3.63, 3.8) is 0 Å². The van der Waals surface area contributed by atoms with Crippen molar-refractivity contribution in [1.29, 1.82) is 0 Å². The van der Waals surface area contributed by atoms with Crippen molar-refractivity contribution in [3.8, 4) is 0 Å². The zero-order chi connectivity index (χ0) is 15.0. The Morgan fingerprint density at radius 2 is 1.90 bits per heavy atom. The number of halogens is 1. The summed E-state index contributed by atoms with van der Waals surface area (Å²) >= 11 is 0. The van der Waals surface area contributed by atoms with E-state index in [1.165, 1.54) is 19.3 Å². The van der Waals surface area contributed by atoms with Crippen LogP contribution in [0, 0.1) is 24.1 Å². The van der Waals surface area contributed by atoms with Crippen LogP contribution in [0.2, 0.25) is 0 Å². The Hall–Kier alpha value is -0.890. The molecular weight excluding hydrogens is 249 g/mol. The fraction of sp³-hybridized carbons (Fsp3) is 0.667. The van der Waals surface area contributed by atoms with Crippen molar-refractivity contribution >= 4 is 0 Å². The van der Waals surface area contributed by atoms with Crippen molar-refractivity contribution in [3.05, 3.63) is 35.1 Å². The Labute approximate surface area is 122 Å². The van der Waals surface area contributed by atoms with Gasteiger partial charge in [-0.2, -0.15) is 0 Å². The van der Waals surface area contributed by atoms with Gasteiger partial charge in [0.2, 0.25) is 0 Å². The standard InChI is InChI=1S/C18H28FN/c1-5-17(3,4)14-8-10-18(20,11-9-14)15-6-7-16(19)13(2)12-15/h6-7,12,14H,5,8-11,20H2,1-4H3. The maximum atomic E-state index is 13.4. The highest BCUT2D eigenvalue weighted by molar-refractivity contribution is 5.30. The highest BCUT2D eigenvalue weighted by atomic mass is 19.1. The summed E-state index contributed by atoms with van der Waals surface area (Å²) in [5.41, 5.74) is 8.56. The normalized spacial score (nSPS) is 27.6. The molecule has 0 saturated heterocycles. The predicted molar refractivity (Wildman–Crippen MR) is 83.0 cm³/mol. The fourth-order valence-corrected chi connectivity index (χ4v) is 3.45. The zero-order valence-electron chi connectivity index (χ0n) is 13.3. The average Bonchev–Trinajstić information content (AvgIpc) is 2.42. The summed E-state index contributed by atoms with van der Waals surface area (Å²) < 4.78 is 13.4. The van der Waals surface area contributed by atoms with Crippen molar-refractivity contribution < 1.29 is 4.39 Å². The number of hydrogen-bond donors (Lipinski definition) is 1. The van der Waals surface area contributed by atoms with Crippen molar-refractivity contribution in [2.24, 2.45) is 17.1 Å². The molecular formula is C18H28FN. The molecule has 2 N–H and O–H groups in total. The Balaban J connectivity index is 2.13. The van der Waals surface area contributed by atoms with Gasteiger partial charge in [0.15, 0.2) is 0 Å². The third-order valence-electron chi connectivity index (χ3n) is 5.63. The van der Waals surface area contributed by atoms with E-state index < -0.39 is 0 Å². The molecule has 1 aromatic carbocycles. The highest BCUT2D eigenvalue weighted by Crippen LogP contribution is 2.45. The largest absolute Gasteiger partial charge is 0.321 e. The number of rotatable bonds is 3. The van der Waals surface area contributed by atoms with E-state index in [2.05, 4.69) is 20.8 Å². The second kappa shape index (κ2) is 5.48. The van der Waals surface area contributed by atoms with Crippen LogP contribution in [0.4, 0.5) is 4.39 Å². The summed E-state index contributed by atoms with van der Waals surface area (Å²) in [7, 11) is 0. The van der Waals surface area contributed by atoms with E-state index in [1.54, 1.807) is 6.07 Å². The Morgan fingerprint density at radius 3 is 2.40 bits per heavy atom. The molecule has 0 spiro atoms. The molecule has 1 aromatic rings. The molecule has 0 heterocycles. The molecule has 0 aliphatic heterocycles. The lowest BCUT2D eigenvalue weighted by Gasteiger charge is -2.43. The van der Waals surface area contributed by atoms with Crippen molar-refractivity contribution in [2.45, 2.75) is 65.3 Å². The van der Waals surface area contributed by atoms with E-state index in [0.29, 0.717) is 11.0 Å². The topological polar surface area (TPSA) is 26.0 Å². The van der Waals surface area contributed by atoms with E-state index in [4.69, 9.17) is 5.73 Å². The average molecular weight is 277 g/mol. The highest BCUT2D eigenvalue weighted by Gasteiger charge is 2.38. The second-order valence-electron chi connectivity index (χ2n) is 7.24. The Kier molecular flexibility index (Phi) is 4.24. The quantitative estimate of drug-likeness (QED) is 0.834. The molecule has 112 valence electrons. The molecule has 0 bridgehead atoms.